The van der Waals surface area contributed by atoms with Gasteiger partial charge in [0.05, 0.1) is 6.54 Å². The number of anilines is 1. The highest BCUT2D eigenvalue weighted by Gasteiger charge is 2.16. The molecule has 1 aromatic carbocycles. The van der Waals surface area contributed by atoms with Crippen LogP contribution in [0.2, 0.25) is 0 Å². The number of benzene rings is 1. The smallest absolute Gasteiger partial charge is 0.238 e. The van der Waals surface area contributed by atoms with Crippen molar-refractivity contribution in [2.75, 3.05) is 38.5 Å². The number of halogens is 1. The van der Waals surface area contributed by atoms with Crippen LogP contribution in [0.15, 0.2) is 18.2 Å². The van der Waals surface area contributed by atoms with E-state index in [2.05, 4.69) is 10.6 Å². The average molecular weight is 293 g/mol. The quantitative estimate of drug-likeness (QED) is 0.873. The molecule has 1 aromatic rings. The maximum Gasteiger partial charge on any atom is 0.238 e. The van der Waals surface area contributed by atoms with Gasteiger partial charge in [-0.1, -0.05) is 6.07 Å². The van der Waals surface area contributed by atoms with E-state index in [0.717, 1.165) is 19.6 Å². The van der Waals surface area contributed by atoms with Crippen LogP contribution >= 0.6 is 0 Å². The number of aryl methyl sites for hydroxylation is 1. The van der Waals surface area contributed by atoms with Gasteiger partial charge < -0.3 is 10.6 Å². The summed E-state index contributed by atoms with van der Waals surface area (Å²) in [5.41, 5.74) is 1.09. The number of carbonyl (C=O) groups is 1. The number of hydrogen-bond acceptors (Lipinski definition) is 3. The van der Waals surface area contributed by atoms with Crippen LogP contribution in [0, 0.1) is 18.7 Å². The molecule has 21 heavy (non-hydrogen) atoms. The Morgan fingerprint density at radius 1 is 1.52 bits per heavy atom. The fraction of sp³-hybridized carbons (Fsp3) is 0.562. The Balaban J connectivity index is 1.78. The molecule has 0 aliphatic carbocycles. The lowest BCUT2D eigenvalue weighted by Gasteiger charge is -2.27. The van der Waals surface area contributed by atoms with Crippen molar-refractivity contribution in [2.45, 2.75) is 19.8 Å². The molecule has 0 bridgehead atoms. The molecule has 1 aliphatic rings. The Bertz CT molecular complexity index is 486. The normalized spacial score (nSPS) is 18.8. The van der Waals surface area contributed by atoms with Crippen LogP contribution in [-0.4, -0.2) is 44.0 Å². The van der Waals surface area contributed by atoms with E-state index in [1.165, 1.54) is 18.9 Å². The van der Waals surface area contributed by atoms with Crippen LogP contribution in [0.5, 0.6) is 0 Å². The topological polar surface area (TPSA) is 44.4 Å². The Morgan fingerprint density at radius 3 is 3.00 bits per heavy atom. The zero-order chi connectivity index (χ0) is 15.2. The largest absolute Gasteiger partial charge is 0.325 e. The number of amides is 1. The van der Waals surface area contributed by atoms with Crippen molar-refractivity contribution in [3.63, 3.8) is 0 Å². The second-order valence-electron chi connectivity index (χ2n) is 5.92. The molecular formula is C16H24FN3O. The summed E-state index contributed by atoms with van der Waals surface area (Å²) >= 11 is 0. The molecule has 5 heteroatoms. The summed E-state index contributed by atoms with van der Waals surface area (Å²) in [6.45, 7) is 5.05. The molecule has 2 N–H and O–H groups in total. The minimum Gasteiger partial charge on any atom is -0.325 e. The molecule has 4 nitrogen and oxygen atoms in total. The predicted molar refractivity (Wildman–Crippen MR) is 82.9 cm³/mol. The predicted octanol–water partition coefficient (Wildman–Crippen LogP) is 2.00. The van der Waals surface area contributed by atoms with Crippen LogP contribution < -0.4 is 10.6 Å². The summed E-state index contributed by atoms with van der Waals surface area (Å²) in [5.74, 6) is 0.201. The molecule has 1 atom stereocenters. The summed E-state index contributed by atoms with van der Waals surface area (Å²) < 4.78 is 13.4. The van der Waals surface area contributed by atoms with Crippen molar-refractivity contribution in [1.82, 2.24) is 10.2 Å². The zero-order valence-electron chi connectivity index (χ0n) is 12.8. The van der Waals surface area contributed by atoms with Gasteiger partial charge in [-0.05, 0) is 63.5 Å². The van der Waals surface area contributed by atoms with Gasteiger partial charge >= 0.3 is 0 Å². The Morgan fingerprint density at radius 2 is 2.33 bits per heavy atom. The third-order valence-corrected chi connectivity index (χ3v) is 3.84. The minimum absolute atomic E-state index is 0.107. The fourth-order valence-electron chi connectivity index (χ4n) is 2.70. The first kappa shape index (κ1) is 15.9. The molecule has 116 valence electrons. The first-order valence-electron chi connectivity index (χ1n) is 7.50. The summed E-state index contributed by atoms with van der Waals surface area (Å²) in [6.07, 6.45) is 2.41. The van der Waals surface area contributed by atoms with Crippen LogP contribution in [0.25, 0.3) is 0 Å². The SMILES string of the molecule is Cc1ccc(NC(=O)CN(C)CC2CCCNC2)cc1F. The fourth-order valence-corrected chi connectivity index (χ4v) is 2.70. The van der Waals surface area contributed by atoms with Gasteiger partial charge in [0.1, 0.15) is 5.82 Å². The first-order chi connectivity index (χ1) is 10.0. The minimum atomic E-state index is -0.297. The lowest BCUT2D eigenvalue weighted by Crippen LogP contribution is -2.39. The molecule has 0 spiro atoms. The van der Waals surface area contributed by atoms with Crippen molar-refractivity contribution in [3.05, 3.63) is 29.6 Å². The number of carbonyl (C=O) groups excluding carboxylic acids is 1. The maximum atomic E-state index is 13.4. The van der Waals surface area contributed by atoms with E-state index in [-0.39, 0.29) is 11.7 Å². The van der Waals surface area contributed by atoms with Gasteiger partial charge in [0.2, 0.25) is 5.91 Å². The van der Waals surface area contributed by atoms with E-state index in [1.54, 1.807) is 19.1 Å². The van der Waals surface area contributed by atoms with E-state index < -0.39 is 0 Å². The lowest BCUT2D eigenvalue weighted by atomic mass is 9.99. The number of hydrogen-bond donors (Lipinski definition) is 2. The molecule has 0 radical (unpaired) electrons. The van der Waals surface area contributed by atoms with Crippen molar-refractivity contribution in [1.29, 1.82) is 0 Å². The van der Waals surface area contributed by atoms with Gasteiger partial charge in [-0.15, -0.1) is 0 Å². The van der Waals surface area contributed by atoms with E-state index in [4.69, 9.17) is 0 Å². The highest BCUT2D eigenvalue weighted by molar-refractivity contribution is 5.92. The third kappa shape index (κ3) is 5.10. The van der Waals surface area contributed by atoms with Gasteiger partial charge in [-0.25, -0.2) is 4.39 Å². The average Bonchev–Trinajstić information content (AvgIpc) is 2.43. The van der Waals surface area contributed by atoms with Crippen molar-refractivity contribution >= 4 is 11.6 Å². The highest BCUT2D eigenvalue weighted by Crippen LogP contribution is 2.14. The van der Waals surface area contributed by atoms with Gasteiger partial charge in [0.15, 0.2) is 0 Å². The van der Waals surface area contributed by atoms with Crippen LogP contribution in [0.3, 0.4) is 0 Å². The molecule has 1 heterocycles. The summed E-state index contributed by atoms with van der Waals surface area (Å²) in [7, 11) is 1.95. The zero-order valence-corrected chi connectivity index (χ0v) is 12.8. The van der Waals surface area contributed by atoms with Crippen LogP contribution in [0.1, 0.15) is 18.4 Å². The Kier molecular flexibility index (Phi) is 5.70. The monoisotopic (exact) mass is 293 g/mol. The third-order valence-electron chi connectivity index (χ3n) is 3.84. The summed E-state index contributed by atoms with van der Waals surface area (Å²) in [4.78, 5) is 14.0. The molecule has 1 saturated heterocycles. The van der Waals surface area contributed by atoms with Crippen molar-refractivity contribution < 1.29 is 9.18 Å². The second-order valence-corrected chi connectivity index (χ2v) is 5.92. The molecule has 0 saturated carbocycles. The highest BCUT2D eigenvalue weighted by atomic mass is 19.1. The molecule has 2 rings (SSSR count). The van der Waals surface area contributed by atoms with E-state index in [1.807, 2.05) is 11.9 Å². The van der Waals surface area contributed by atoms with Crippen LogP contribution in [-0.2, 0) is 4.79 Å². The van der Waals surface area contributed by atoms with E-state index >= 15 is 0 Å². The Labute approximate surface area is 125 Å². The number of likely N-dealkylation sites (N-methyl/N-ethyl adjacent to an activating group) is 1. The van der Waals surface area contributed by atoms with Crippen LogP contribution in [0.4, 0.5) is 10.1 Å². The summed E-state index contributed by atoms with van der Waals surface area (Å²) in [5, 5.41) is 6.12. The van der Waals surface area contributed by atoms with Gasteiger partial charge in [0, 0.05) is 12.2 Å². The molecule has 1 unspecified atom stereocenters. The summed E-state index contributed by atoms with van der Waals surface area (Å²) in [6, 6.07) is 4.75. The Hall–Kier alpha value is -1.46. The van der Waals surface area contributed by atoms with Crippen molar-refractivity contribution in [2.24, 2.45) is 5.92 Å². The molecule has 1 aliphatic heterocycles. The van der Waals surface area contributed by atoms with Gasteiger partial charge in [-0.3, -0.25) is 9.69 Å². The van der Waals surface area contributed by atoms with Gasteiger partial charge in [0.25, 0.3) is 0 Å². The molecule has 1 amide bonds. The lowest BCUT2D eigenvalue weighted by molar-refractivity contribution is -0.117. The number of nitrogens with one attached hydrogen (secondary N) is 2. The van der Waals surface area contributed by atoms with Gasteiger partial charge in [-0.2, -0.15) is 0 Å². The molecular weight excluding hydrogens is 269 g/mol. The number of nitrogens with zero attached hydrogens (tertiary/aromatic N) is 1. The first-order valence-corrected chi connectivity index (χ1v) is 7.50. The molecule has 0 aromatic heterocycles. The van der Waals surface area contributed by atoms with E-state index in [9.17, 15) is 9.18 Å². The molecule has 1 fully saturated rings. The number of rotatable bonds is 5. The maximum absolute atomic E-state index is 13.4. The number of piperidine rings is 1. The standard InChI is InChI=1S/C16H24FN3O/c1-12-5-6-14(8-15(12)17)19-16(21)11-20(2)10-13-4-3-7-18-9-13/h5-6,8,13,18H,3-4,7,9-11H2,1-2H3,(H,19,21). The second kappa shape index (κ2) is 7.52. The van der Waals surface area contributed by atoms with E-state index in [0.29, 0.717) is 23.7 Å². The van der Waals surface area contributed by atoms with Crippen molar-refractivity contribution in [3.8, 4) is 0 Å².